The lowest BCUT2D eigenvalue weighted by molar-refractivity contribution is -0.116. The van der Waals surface area contributed by atoms with Gasteiger partial charge in [-0.3, -0.25) is 9.59 Å². The number of carbonyl (C=O) groups excluding carboxylic acids is 1. The molecule has 4 nitrogen and oxygen atoms in total. The molecule has 110 valence electrons. The van der Waals surface area contributed by atoms with Crippen molar-refractivity contribution in [3.8, 4) is 0 Å². The van der Waals surface area contributed by atoms with Gasteiger partial charge in [0.1, 0.15) is 5.82 Å². The summed E-state index contributed by atoms with van der Waals surface area (Å²) in [5, 5.41) is 2.70. The van der Waals surface area contributed by atoms with E-state index in [2.05, 4.69) is 21.2 Å². The van der Waals surface area contributed by atoms with E-state index in [1.807, 2.05) is 0 Å². The molecule has 1 N–H and O–H groups in total. The minimum absolute atomic E-state index is 0.0540. The summed E-state index contributed by atoms with van der Waals surface area (Å²) in [6, 6.07) is 7.03. The van der Waals surface area contributed by atoms with Gasteiger partial charge >= 0.3 is 0 Å². The van der Waals surface area contributed by atoms with Crippen molar-refractivity contribution in [2.45, 2.75) is 13.0 Å². The van der Waals surface area contributed by atoms with Gasteiger partial charge in [0, 0.05) is 34.7 Å². The second kappa shape index (κ2) is 6.87. The Morgan fingerprint density at radius 3 is 2.81 bits per heavy atom. The Morgan fingerprint density at radius 2 is 2.10 bits per heavy atom. The summed E-state index contributed by atoms with van der Waals surface area (Å²) in [6.07, 6.45) is 1.65. The average molecular weight is 374 g/mol. The maximum Gasteiger partial charge on any atom is 0.250 e. The van der Waals surface area contributed by atoms with E-state index >= 15 is 0 Å². The second-order valence-corrected chi connectivity index (χ2v) is 5.65. The Morgan fingerprint density at radius 1 is 1.33 bits per heavy atom. The van der Waals surface area contributed by atoms with Crippen molar-refractivity contribution >= 4 is 39.1 Å². The summed E-state index contributed by atoms with van der Waals surface area (Å²) in [7, 11) is 0. The number of amides is 1. The molecule has 0 aliphatic heterocycles. The molecule has 2 rings (SSSR count). The first kappa shape index (κ1) is 15.7. The second-order valence-electron chi connectivity index (χ2n) is 4.30. The number of benzene rings is 1. The fraction of sp³-hybridized carbons (Fsp3) is 0.143. The lowest BCUT2D eigenvalue weighted by Crippen LogP contribution is -2.22. The number of rotatable bonds is 4. The van der Waals surface area contributed by atoms with E-state index in [9.17, 15) is 14.0 Å². The Hall–Kier alpha value is -1.66. The normalized spacial score (nSPS) is 10.4. The van der Waals surface area contributed by atoms with Gasteiger partial charge in [0.2, 0.25) is 5.91 Å². The Bertz CT molecular complexity index is 733. The lowest BCUT2D eigenvalue weighted by Gasteiger charge is -2.08. The quantitative estimate of drug-likeness (QED) is 0.892. The molecule has 0 aliphatic carbocycles. The summed E-state index contributed by atoms with van der Waals surface area (Å²) in [5.74, 6) is -0.987. The molecule has 0 fully saturated rings. The zero-order valence-corrected chi connectivity index (χ0v) is 13.1. The monoisotopic (exact) mass is 372 g/mol. The van der Waals surface area contributed by atoms with Crippen LogP contribution in [0.5, 0.6) is 0 Å². The van der Waals surface area contributed by atoms with Gasteiger partial charge in [-0.05, 0) is 40.2 Å². The molecular weight excluding hydrogens is 363 g/mol. The predicted octanol–water partition coefficient (Wildman–Crippen LogP) is 3.43. The van der Waals surface area contributed by atoms with Crippen LogP contribution < -0.4 is 10.9 Å². The fourth-order valence-corrected chi connectivity index (χ4v) is 2.24. The van der Waals surface area contributed by atoms with Crippen LogP contribution in [-0.4, -0.2) is 10.5 Å². The molecule has 0 unspecified atom stereocenters. The standard InChI is InChI=1S/C14H11BrClFN2O2/c15-9-1-4-14(21)19(8-9)6-5-13(20)18-12-3-2-10(16)7-11(12)17/h1-4,7-8H,5-6H2,(H,18,20). The number of halogens is 3. The highest BCUT2D eigenvalue weighted by atomic mass is 79.9. The highest BCUT2D eigenvalue weighted by molar-refractivity contribution is 9.10. The number of nitrogens with zero attached hydrogens (tertiary/aromatic N) is 1. The zero-order chi connectivity index (χ0) is 15.4. The summed E-state index contributed by atoms with van der Waals surface area (Å²) >= 11 is 8.88. The molecule has 2 aromatic rings. The van der Waals surface area contributed by atoms with E-state index in [4.69, 9.17) is 11.6 Å². The summed E-state index contributed by atoms with van der Waals surface area (Å²) in [6.45, 7) is 0.208. The van der Waals surface area contributed by atoms with Gasteiger partial charge in [0.25, 0.3) is 5.56 Å². The van der Waals surface area contributed by atoms with Crippen LogP contribution in [0.15, 0.2) is 45.8 Å². The molecule has 0 saturated carbocycles. The number of nitrogens with one attached hydrogen (secondary N) is 1. The van der Waals surface area contributed by atoms with Crippen LogP contribution >= 0.6 is 27.5 Å². The lowest BCUT2D eigenvalue weighted by atomic mass is 10.3. The predicted molar refractivity (Wildman–Crippen MR) is 83.1 cm³/mol. The van der Waals surface area contributed by atoms with Crippen LogP contribution in [0.1, 0.15) is 6.42 Å². The van der Waals surface area contributed by atoms with Gasteiger partial charge in [-0.15, -0.1) is 0 Å². The molecule has 0 radical (unpaired) electrons. The third kappa shape index (κ3) is 4.41. The molecule has 0 atom stereocenters. The molecular formula is C14H11BrClFN2O2. The largest absolute Gasteiger partial charge is 0.324 e. The number of hydrogen-bond acceptors (Lipinski definition) is 2. The molecule has 0 spiro atoms. The summed E-state index contributed by atoms with van der Waals surface area (Å²) in [5.41, 5.74) is -0.144. The minimum Gasteiger partial charge on any atom is -0.324 e. The topological polar surface area (TPSA) is 51.1 Å². The summed E-state index contributed by atoms with van der Waals surface area (Å²) < 4.78 is 15.7. The average Bonchev–Trinajstić information content (AvgIpc) is 2.43. The number of carbonyl (C=O) groups is 1. The van der Waals surface area contributed by atoms with Crippen LogP contribution in [0, 0.1) is 5.82 Å². The van der Waals surface area contributed by atoms with E-state index in [1.54, 1.807) is 12.3 Å². The minimum atomic E-state index is -0.601. The maximum atomic E-state index is 13.5. The van der Waals surface area contributed by atoms with Crippen LogP contribution in [0.4, 0.5) is 10.1 Å². The maximum absolute atomic E-state index is 13.5. The number of aryl methyl sites for hydroxylation is 1. The first-order valence-corrected chi connectivity index (χ1v) is 7.24. The molecule has 1 heterocycles. The van der Waals surface area contributed by atoms with Crippen molar-refractivity contribution in [2.24, 2.45) is 0 Å². The highest BCUT2D eigenvalue weighted by Crippen LogP contribution is 2.19. The van der Waals surface area contributed by atoms with Crippen molar-refractivity contribution < 1.29 is 9.18 Å². The Labute approximate surface area is 133 Å². The van der Waals surface area contributed by atoms with Gasteiger partial charge in [0.05, 0.1) is 5.69 Å². The first-order valence-electron chi connectivity index (χ1n) is 6.06. The van der Waals surface area contributed by atoms with E-state index in [-0.39, 0.29) is 35.1 Å². The van der Waals surface area contributed by atoms with E-state index < -0.39 is 5.82 Å². The number of anilines is 1. The zero-order valence-electron chi connectivity index (χ0n) is 10.8. The van der Waals surface area contributed by atoms with Crippen LogP contribution in [0.2, 0.25) is 5.02 Å². The van der Waals surface area contributed by atoms with Crippen molar-refractivity contribution in [3.63, 3.8) is 0 Å². The summed E-state index contributed by atoms with van der Waals surface area (Å²) in [4.78, 5) is 23.4. The number of aromatic nitrogens is 1. The van der Waals surface area contributed by atoms with Gasteiger partial charge in [-0.25, -0.2) is 4.39 Å². The van der Waals surface area contributed by atoms with E-state index in [0.717, 1.165) is 10.5 Å². The van der Waals surface area contributed by atoms with Crippen molar-refractivity contribution in [1.29, 1.82) is 0 Å². The van der Waals surface area contributed by atoms with E-state index in [1.165, 1.54) is 22.8 Å². The number of pyridine rings is 1. The van der Waals surface area contributed by atoms with E-state index in [0.29, 0.717) is 0 Å². The Balaban J connectivity index is 1.99. The third-order valence-electron chi connectivity index (χ3n) is 2.73. The van der Waals surface area contributed by atoms with Gasteiger partial charge in [-0.1, -0.05) is 11.6 Å². The van der Waals surface area contributed by atoms with Gasteiger partial charge in [0.15, 0.2) is 0 Å². The van der Waals surface area contributed by atoms with Crippen molar-refractivity contribution in [1.82, 2.24) is 4.57 Å². The first-order chi connectivity index (χ1) is 9.95. The number of hydrogen-bond donors (Lipinski definition) is 1. The Kier molecular flexibility index (Phi) is 5.14. The smallest absolute Gasteiger partial charge is 0.250 e. The molecule has 0 aliphatic rings. The molecule has 21 heavy (non-hydrogen) atoms. The highest BCUT2D eigenvalue weighted by Gasteiger charge is 2.08. The van der Waals surface area contributed by atoms with Crippen molar-refractivity contribution in [3.05, 3.63) is 62.2 Å². The van der Waals surface area contributed by atoms with Crippen LogP contribution in [0.3, 0.4) is 0 Å². The van der Waals surface area contributed by atoms with Gasteiger partial charge < -0.3 is 9.88 Å². The van der Waals surface area contributed by atoms with Gasteiger partial charge in [-0.2, -0.15) is 0 Å². The van der Waals surface area contributed by atoms with Crippen molar-refractivity contribution in [2.75, 3.05) is 5.32 Å². The van der Waals surface area contributed by atoms with Crippen LogP contribution in [-0.2, 0) is 11.3 Å². The SMILES string of the molecule is O=C(CCn1cc(Br)ccc1=O)Nc1ccc(Cl)cc1F. The molecule has 1 aromatic heterocycles. The third-order valence-corrected chi connectivity index (χ3v) is 3.44. The molecule has 0 saturated heterocycles. The molecule has 0 bridgehead atoms. The molecule has 1 aromatic carbocycles. The fourth-order valence-electron chi connectivity index (χ4n) is 1.70. The van der Waals surface area contributed by atoms with Crippen LogP contribution in [0.25, 0.3) is 0 Å². The molecule has 1 amide bonds. The molecule has 7 heteroatoms.